The summed E-state index contributed by atoms with van der Waals surface area (Å²) in [6.45, 7) is 5.14. The van der Waals surface area contributed by atoms with E-state index in [0.29, 0.717) is 11.9 Å². The Kier molecular flexibility index (Phi) is 6.54. The maximum absolute atomic E-state index is 5.92. The lowest BCUT2D eigenvalue weighted by Gasteiger charge is -2.24. The lowest BCUT2D eigenvalue weighted by molar-refractivity contribution is 0.145. The fourth-order valence-electron chi connectivity index (χ4n) is 2.84. The van der Waals surface area contributed by atoms with Crippen LogP contribution in [-0.2, 0) is 11.2 Å². The number of hydrogen-bond acceptors (Lipinski definition) is 2. The highest BCUT2D eigenvalue weighted by atomic mass is 16.5. The number of hydrogen-bond donors (Lipinski definition) is 2. The van der Waals surface area contributed by atoms with Gasteiger partial charge in [-0.25, -0.2) is 0 Å². The largest absolute Gasteiger partial charge is 0.382 e. The molecule has 21 heavy (non-hydrogen) atoms. The summed E-state index contributed by atoms with van der Waals surface area (Å²) in [5.41, 5.74) is 8.86. The van der Waals surface area contributed by atoms with E-state index in [4.69, 9.17) is 10.5 Å². The van der Waals surface area contributed by atoms with Crippen LogP contribution < -0.4 is 11.1 Å². The predicted molar refractivity (Wildman–Crippen MR) is 87.7 cm³/mol. The number of guanidine groups is 1. The second-order valence-corrected chi connectivity index (χ2v) is 5.49. The Morgan fingerprint density at radius 1 is 1.43 bits per heavy atom. The standard InChI is InChI=1S/C17H27N3O/c1-2-21-12-6-11-19-17(18)20-13-15-9-5-8-14-7-3-4-10-16(14)15/h3-4,7,10,15H,2,5-6,8-9,11-13H2,1H3,(H3,18,19,20). The maximum Gasteiger partial charge on any atom is 0.188 e. The molecule has 0 spiro atoms. The average Bonchev–Trinajstić information content (AvgIpc) is 2.52. The molecule has 4 heteroatoms. The van der Waals surface area contributed by atoms with Gasteiger partial charge in [0.25, 0.3) is 0 Å². The highest BCUT2D eigenvalue weighted by Crippen LogP contribution is 2.31. The van der Waals surface area contributed by atoms with Gasteiger partial charge in [0.05, 0.1) is 0 Å². The van der Waals surface area contributed by atoms with Gasteiger partial charge in [-0.2, -0.15) is 0 Å². The molecule has 0 saturated heterocycles. The van der Waals surface area contributed by atoms with E-state index >= 15 is 0 Å². The van der Waals surface area contributed by atoms with Crippen molar-refractivity contribution in [2.45, 2.75) is 38.5 Å². The molecule has 1 unspecified atom stereocenters. The number of nitrogens with one attached hydrogen (secondary N) is 1. The highest BCUT2D eigenvalue weighted by molar-refractivity contribution is 5.77. The molecule has 1 aromatic rings. The quantitative estimate of drug-likeness (QED) is 0.460. The van der Waals surface area contributed by atoms with Crippen molar-refractivity contribution in [3.63, 3.8) is 0 Å². The Labute approximate surface area is 127 Å². The van der Waals surface area contributed by atoms with Crippen molar-refractivity contribution >= 4 is 5.96 Å². The molecule has 0 radical (unpaired) electrons. The Balaban J connectivity index is 1.78. The van der Waals surface area contributed by atoms with Gasteiger partial charge in [-0.1, -0.05) is 24.3 Å². The molecule has 0 heterocycles. The van der Waals surface area contributed by atoms with Gasteiger partial charge < -0.3 is 15.8 Å². The summed E-state index contributed by atoms with van der Waals surface area (Å²) in [6, 6.07) is 8.72. The van der Waals surface area contributed by atoms with Gasteiger partial charge >= 0.3 is 0 Å². The van der Waals surface area contributed by atoms with E-state index in [9.17, 15) is 0 Å². The van der Waals surface area contributed by atoms with Gasteiger partial charge in [-0.15, -0.1) is 0 Å². The third-order valence-corrected chi connectivity index (χ3v) is 3.95. The summed E-state index contributed by atoms with van der Waals surface area (Å²) in [5, 5.41) is 3.15. The van der Waals surface area contributed by atoms with Crippen LogP contribution in [0, 0.1) is 0 Å². The van der Waals surface area contributed by atoms with E-state index in [0.717, 1.165) is 32.7 Å². The van der Waals surface area contributed by atoms with Crippen LogP contribution in [0.2, 0.25) is 0 Å². The first-order chi connectivity index (χ1) is 10.3. The minimum Gasteiger partial charge on any atom is -0.382 e. The number of aliphatic imine (C=N–C) groups is 1. The van der Waals surface area contributed by atoms with Gasteiger partial charge in [-0.05, 0) is 43.7 Å². The summed E-state index contributed by atoms with van der Waals surface area (Å²) in [6.07, 6.45) is 4.61. The third kappa shape index (κ3) is 5.05. The molecule has 0 aromatic heterocycles. The predicted octanol–water partition coefficient (Wildman–Crippen LogP) is 2.44. The van der Waals surface area contributed by atoms with Crippen LogP contribution in [0.25, 0.3) is 0 Å². The fourth-order valence-corrected chi connectivity index (χ4v) is 2.84. The fraction of sp³-hybridized carbons (Fsp3) is 0.588. The zero-order valence-corrected chi connectivity index (χ0v) is 13.0. The van der Waals surface area contributed by atoms with E-state index in [2.05, 4.69) is 34.6 Å². The van der Waals surface area contributed by atoms with E-state index in [1.807, 2.05) is 6.92 Å². The Morgan fingerprint density at radius 3 is 3.14 bits per heavy atom. The van der Waals surface area contributed by atoms with Gasteiger partial charge in [0, 0.05) is 32.2 Å². The van der Waals surface area contributed by atoms with Crippen LogP contribution in [-0.4, -0.2) is 32.3 Å². The van der Waals surface area contributed by atoms with Crippen LogP contribution >= 0.6 is 0 Å². The normalized spacial score (nSPS) is 18.3. The second-order valence-electron chi connectivity index (χ2n) is 5.49. The minimum atomic E-state index is 0.513. The van der Waals surface area contributed by atoms with Gasteiger partial charge in [0.2, 0.25) is 0 Å². The maximum atomic E-state index is 5.92. The van der Waals surface area contributed by atoms with Crippen molar-refractivity contribution in [2.24, 2.45) is 10.7 Å². The van der Waals surface area contributed by atoms with Crippen molar-refractivity contribution in [3.05, 3.63) is 35.4 Å². The number of aryl methyl sites for hydroxylation is 1. The first-order valence-electron chi connectivity index (χ1n) is 8.00. The van der Waals surface area contributed by atoms with E-state index in [1.165, 1.54) is 30.4 Å². The highest BCUT2D eigenvalue weighted by Gasteiger charge is 2.19. The summed E-state index contributed by atoms with van der Waals surface area (Å²) >= 11 is 0. The van der Waals surface area contributed by atoms with Gasteiger partial charge in [-0.3, -0.25) is 4.99 Å². The van der Waals surface area contributed by atoms with E-state index in [-0.39, 0.29) is 0 Å². The van der Waals surface area contributed by atoms with Crippen molar-refractivity contribution in [1.82, 2.24) is 5.32 Å². The molecule has 1 aromatic carbocycles. The number of nitrogens with two attached hydrogens (primary N) is 1. The molecule has 3 N–H and O–H groups in total. The molecule has 2 rings (SSSR count). The number of ether oxygens (including phenoxy) is 1. The first kappa shape index (κ1) is 15.8. The molecule has 0 amide bonds. The summed E-state index contributed by atoms with van der Waals surface area (Å²) in [5.74, 6) is 1.06. The third-order valence-electron chi connectivity index (χ3n) is 3.95. The Hall–Kier alpha value is -1.55. The van der Waals surface area contributed by atoms with Crippen LogP contribution in [0.1, 0.15) is 43.2 Å². The van der Waals surface area contributed by atoms with Crippen molar-refractivity contribution in [1.29, 1.82) is 0 Å². The average molecular weight is 289 g/mol. The molecule has 0 bridgehead atoms. The van der Waals surface area contributed by atoms with Crippen LogP contribution in [0.3, 0.4) is 0 Å². The van der Waals surface area contributed by atoms with Crippen LogP contribution in [0.15, 0.2) is 29.3 Å². The van der Waals surface area contributed by atoms with Gasteiger partial charge in [0.1, 0.15) is 0 Å². The topological polar surface area (TPSA) is 59.6 Å². The SMILES string of the molecule is CCOCCCNC(N)=NCC1CCCc2ccccc21. The molecule has 1 aliphatic rings. The summed E-state index contributed by atoms with van der Waals surface area (Å²) in [7, 11) is 0. The molecule has 1 atom stereocenters. The first-order valence-corrected chi connectivity index (χ1v) is 8.00. The smallest absolute Gasteiger partial charge is 0.188 e. The molecular formula is C17H27N3O. The molecule has 0 saturated carbocycles. The number of nitrogens with zero attached hydrogens (tertiary/aromatic N) is 1. The minimum absolute atomic E-state index is 0.513. The van der Waals surface area contributed by atoms with Crippen molar-refractivity contribution in [3.8, 4) is 0 Å². The molecule has 0 aliphatic heterocycles. The zero-order valence-electron chi connectivity index (χ0n) is 13.0. The van der Waals surface area contributed by atoms with E-state index in [1.54, 1.807) is 0 Å². The van der Waals surface area contributed by atoms with Gasteiger partial charge in [0.15, 0.2) is 5.96 Å². The summed E-state index contributed by atoms with van der Waals surface area (Å²) < 4.78 is 5.29. The molecule has 116 valence electrons. The number of fused-ring (bicyclic) bond motifs is 1. The Bertz CT molecular complexity index is 459. The zero-order chi connectivity index (χ0) is 14.9. The lowest BCUT2D eigenvalue weighted by Crippen LogP contribution is -2.33. The molecule has 4 nitrogen and oxygen atoms in total. The molecule has 0 fully saturated rings. The van der Waals surface area contributed by atoms with Crippen molar-refractivity contribution < 1.29 is 4.74 Å². The molecule has 1 aliphatic carbocycles. The lowest BCUT2D eigenvalue weighted by atomic mass is 9.83. The Morgan fingerprint density at radius 2 is 2.29 bits per heavy atom. The molecular weight excluding hydrogens is 262 g/mol. The van der Waals surface area contributed by atoms with Crippen LogP contribution in [0.4, 0.5) is 0 Å². The number of benzene rings is 1. The van der Waals surface area contributed by atoms with E-state index < -0.39 is 0 Å². The second kappa shape index (κ2) is 8.67. The van der Waals surface area contributed by atoms with Crippen molar-refractivity contribution in [2.75, 3.05) is 26.3 Å². The summed E-state index contributed by atoms with van der Waals surface area (Å²) in [4.78, 5) is 4.51. The number of rotatable bonds is 7. The van der Waals surface area contributed by atoms with Crippen LogP contribution in [0.5, 0.6) is 0 Å². The monoisotopic (exact) mass is 289 g/mol.